The molecule has 92 valence electrons. The van der Waals surface area contributed by atoms with Crippen LogP contribution in [0.1, 0.15) is 15.9 Å². The molecule has 3 nitrogen and oxygen atoms in total. The van der Waals surface area contributed by atoms with Crippen LogP contribution in [-0.2, 0) is 0 Å². The molecule has 1 aliphatic rings. The number of carbonyl (C=O) groups excluding carboxylic acids is 1. The van der Waals surface area contributed by atoms with Crippen molar-refractivity contribution in [2.75, 3.05) is 0 Å². The lowest BCUT2D eigenvalue weighted by molar-refractivity contribution is 0.104. The number of halogens is 3. The Kier molecular flexibility index (Phi) is 3.96. The summed E-state index contributed by atoms with van der Waals surface area (Å²) < 4.78 is 1.55. The zero-order valence-electron chi connectivity index (χ0n) is 9.17. The van der Waals surface area contributed by atoms with Crippen LogP contribution in [0.15, 0.2) is 27.4 Å². The molecule has 1 aliphatic carbocycles. The summed E-state index contributed by atoms with van der Waals surface area (Å²) in [6.45, 7) is 0. The van der Waals surface area contributed by atoms with Crippen LogP contribution in [0.3, 0.4) is 0 Å². The highest BCUT2D eigenvalue weighted by atomic mass is 127. The molecule has 0 saturated heterocycles. The number of nitriles is 2. The number of ketones is 1. The van der Waals surface area contributed by atoms with Crippen LogP contribution in [0.2, 0.25) is 10.0 Å². The van der Waals surface area contributed by atoms with Crippen molar-refractivity contribution in [1.29, 1.82) is 10.5 Å². The third-order valence-corrected chi connectivity index (χ3v) is 4.02. The third kappa shape index (κ3) is 2.17. The standard InChI is InChI=1S/C13H3Cl2IN2O/c14-10-1-7-8(2-11(10)15)13(19)9(3-16)12(7)6(4-17)5-18/h1-3H/b9-3+. The van der Waals surface area contributed by atoms with E-state index in [0.717, 1.165) is 0 Å². The lowest BCUT2D eigenvalue weighted by Crippen LogP contribution is -1.94. The van der Waals surface area contributed by atoms with E-state index < -0.39 is 0 Å². The number of carbonyl (C=O) groups is 1. The first-order valence-electron chi connectivity index (χ1n) is 4.94. The lowest BCUT2D eigenvalue weighted by Gasteiger charge is -2.02. The van der Waals surface area contributed by atoms with E-state index in [1.807, 2.05) is 22.6 Å². The first-order chi connectivity index (χ1) is 9.04. The topological polar surface area (TPSA) is 64.7 Å². The minimum Gasteiger partial charge on any atom is -0.289 e. The molecule has 0 radical (unpaired) electrons. The van der Waals surface area contributed by atoms with Crippen molar-refractivity contribution in [3.8, 4) is 12.1 Å². The number of allylic oxidation sites excluding steroid dienone is 3. The quantitative estimate of drug-likeness (QED) is 0.370. The summed E-state index contributed by atoms with van der Waals surface area (Å²) >= 11 is 13.7. The summed E-state index contributed by atoms with van der Waals surface area (Å²) in [4.78, 5) is 12.2. The van der Waals surface area contributed by atoms with E-state index in [4.69, 9.17) is 33.7 Å². The second-order valence-electron chi connectivity index (χ2n) is 3.64. The van der Waals surface area contributed by atoms with Crippen LogP contribution in [0.4, 0.5) is 0 Å². The van der Waals surface area contributed by atoms with E-state index in [-0.39, 0.29) is 21.4 Å². The molecule has 1 aromatic rings. The monoisotopic (exact) mass is 400 g/mol. The van der Waals surface area contributed by atoms with Gasteiger partial charge in [0.2, 0.25) is 0 Å². The van der Waals surface area contributed by atoms with Crippen LogP contribution < -0.4 is 0 Å². The normalized spacial score (nSPS) is 15.1. The van der Waals surface area contributed by atoms with Gasteiger partial charge in [0, 0.05) is 16.7 Å². The van der Waals surface area contributed by atoms with Crippen LogP contribution in [-0.4, -0.2) is 5.78 Å². The van der Waals surface area contributed by atoms with Crippen molar-refractivity contribution in [3.63, 3.8) is 0 Å². The van der Waals surface area contributed by atoms with E-state index >= 15 is 0 Å². The molecule has 0 unspecified atom stereocenters. The third-order valence-electron chi connectivity index (χ3n) is 2.67. The molecule has 0 fully saturated rings. The number of Topliss-reactive ketones (excluding diaryl/α,β-unsaturated/α-hetero) is 1. The molecular weight excluding hydrogens is 398 g/mol. The number of nitrogens with zero attached hydrogens (tertiary/aromatic N) is 2. The highest BCUT2D eigenvalue weighted by Gasteiger charge is 2.33. The van der Waals surface area contributed by atoms with Gasteiger partial charge >= 0.3 is 0 Å². The van der Waals surface area contributed by atoms with Gasteiger partial charge in [0.25, 0.3) is 0 Å². The largest absolute Gasteiger partial charge is 0.289 e. The molecule has 0 bridgehead atoms. The summed E-state index contributed by atoms with van der Waals surface area (Å²) in [5.74, 6) is -0.263. The molecule has 0 aliphatic heterocycles. The van der Waals surface area contributed by atoms with Crippen molar-refractivity contribution in [2.24, 2.45) is 0 Å². The number of hydrogen-bond acceptors (Lipinski definition) is 3. The van der Waals surface area contributed by atoms with Crippen LogP contribution in [0.5, 0.6) is 0 Å². The molecule has 0 N–H and O–H groups in total. The molecule has 0 atom stereocenters. The fourth-order valence-electron chi connectivity index (χ4n) is 1.86. The van der Waals surface area contributed by atoms with E-state index in [1.54, 1.807) is 16.2 Å². The van der Waals surface area contributed by atoms with Gasteiger partial charge in [-0.05, 0) is 21.8 Å². The predicted octanol–water partition coefficient (Wildman–Crippen LogP) is 4.31. The van der Waals surface area contributed by atoms with Crippen LogP contribution >= 0.6 is 45.8 Å². The highest BCUT2D eigenvalue weighted by molar-refractivity contribution is 14.1. The summed E-state index contributed by atoms with van der Waals surface area (Å²) in [5, 5.41) is 18.5. The predicted molar refractivity (Wildman–Crippen MR) is 81.0 cm³/mol. The second kappa shape index (κ2) is 5.34. The Morgan fingerprint density at radius 2 is 1.68 bits per heavy atom. The molecule has 2 rings (SSSR count). The highest BCUT2D eigenvalue weighted by Crippen LogP contribution is 2.42. The van der Waals surface area contributed by atoms with E-state index in [1.165, 1.54) is 12.1 Å². The van der Waals surface area contributed by atoms with E-state index in [0.29, 0.717) is 22.3 Å². The molecule has 0 heterocycles. The maximum absolute atomic E-state index is 12.2. The van der Waals surface area contributed by atoms with Crippen molar-refractivity contribution in [3.05, 3.63) is 48.5 Å². The van der Waals surface area contributed by atoms with Gasteiger partial charge < -0.3 is 0 Å². The van der Waals surface area contributed by atoms with Gasteiger partial charge in [0.1, 0.15) is 17.7 Å². The smallest absolute Gasteiger partial charge is 0.194 e. The van der Waals surface area contributed by atoms with Gasteiger partial charge in [-0.15, -0.1) is 0 Å². The van der Waals surface area contributed by atoms with Gasteiger partial charge in [-0.25, -0.2) is 0 Å². The van der Waals surface area contributed by atoms with Gasteiger partial charge in [-0.1, -0.05) is 45.8 Å². The zero-order valence-corrected chi connectivity index (χ0v) is 12.8. The van der Waals surface area contributed by atoms with Crippen LogP contribution in [0, 0.1) is 22.7 Å². The molecular formula is C13H3Cl2IN2O. The average Bonchev–Trinajstić information content (AvgIpc) is 2.65. The van der Waals surface area contributed by atoms with Gasteiger partial charge in [-0.2, -0.15) is 10.5 Å². The molecule has 0 saturated carbocycles. The van der Waals surface area contributed by atoms with Gasteiger partial charge in [0.05, 0.1) is 10.0 Å². The summed E-state index contributed by atoms with van der Waals surface area (Å²) in [6.07, 6.45) is 0. The van der Waals surface area contributed by atoms with Crippen molar-refractivity contribution in [2.45, 2.75) is 0 Å². The second-order valence-corrected chi connectivity index (χ2v) is 5.07. The molecule has 19 heavy (non-hydrogen) atoms. The van der Waals surface area contributed by atoms with Gasteiger partial charge in [-0.3, -0.25) is 4.79 Å². The Bertz CT molecular complexity index is 735. The van der Waals surface area contributed by atoms with E-state index in [9.17, 15) is 4.79 Å². The van der Waals surface area contributed by atoms with Crippen molar-refractivity contribution < 1.29 is 4.79 Å². The Morgan fingerprint density at radius 1 is 1.16 bits per heavy atom. The molecule has 0 spiro atoms. The van der Waals surface area contributed by atoms with E-state index in [2.05, 4.69) is 0 Å². The maximum Gasteiger partial charge on any atom is 0.194 e. The maximum atomic E-state index is 12.2. The lowest BCUT2D eigenvalue weighted by atomic mass is 10.0. The molecule has 1 aromatic carbocycles. The summed E-state index contributed by atoms with van der Waals surface area (Å²) in [5.41, 5.74) is 1.34. The molecule has 0 amide bonds. The fourth-order valence-corrected chi connectivity index (χ4v) is 2.78. The summed E-state index contributed by atoms with van der Waals surface area (Å²) in [6, 6.07) is 6.57. The van der Waals surface area contributed by atoms with Gasteiger partial charge in [0.15, 0.2) is 5.78 Å². The minimum atomic E-state index is -0.263. The SMILES string of the molecule is N#CC(C#N)=C1/C(=C\I)C(=O)c2cc(Cl)c(Cl)cc21. The number of rotatable bonds is 0. The van der Waals surface area contributed by atoms with Crippen LogP contribution in [0.25, 0.3) is 5.57 Å². The molecule has 0 aromatic heterocycles. The minimum absolute atomic E-state index is 0.117. The number of fused-ring (bicyclic) bond motifs is 1. The first-order valence-corrected chi connectivity index (χ1v) is 6.94. The van der Waals surface area contributed by atoms with Crippen molar-refractivity contribution >= 4 is 57.1 Å². The molecule has 6 heteroatoms. The Balaban J connectivity index is 2.91. The summed E-state index contributed by atoms with van der Waals surface area (Å²) in [7, 11) is 0. The number of benzene rings is 1. The Morgan fingerprint density at radius 3 is 2.16 bits per heavy atom. The Labute approximate surface area is 132 Å². The number of hydrogen-bond donors (Lipinski definition) is 0. The zero-order chi connectivity index (χ0) is 14.2. The fraction of sp³-hybridized carbons (Fsp3) is 0. The average molecular weight is 401 g/mol. The first kappa shape index (κ1) is 14.1. The Hall–Kier alpha value is -1.34. The van der Waals surface area contributed by atoms with Crippen molar-refractivity contribution in [1.82, 2.24) is 0 Å².